The fraction of sp³-hybridized carbons (Fsp3) is 0.429. The van der Waals surface area contributed by atoms with Crippen LogP contribution in [0.15, 0.2) is 91.0 Å². The zero-order valence-corrected chi connectivity index (χ0v) is 29.7. The standard InChI is InChI=1S/C42H56N2O5/c1-30(2)44(31(3)4)24-22-38(34-11-6-5-7-12-34)39-26-33(15-19-41(39)47)10-8-9-25-49-37-17-13-32(14-18-37)21-23-43-28-42(48)35-16-20-40(46)36(27-35)29-45/h5-7,11-20,26-27,30-31,38,42-43,45-48H,8-10,21-25,28-29H2,1-4H3/t38-,42+/m1/s1. The Hall–Kier alpha value is -3.88. The molecular weight excluding hydrogens is 612 g/mol. The number of aromatic hydroxyl groups is 2. The summed E-state index contributed by atoms with van der Waals surface area (Å²) in [6.45, 7) is 11.4. The summed E-state index contributed by atoms with van der Waals surface area (Å²) >= 11 is 0. The van der Waals surface area contributed by atoms with Gasteiger partial charge in [-0.25, -0.2) is 0 Å². The highest BCUT2D eigenvalue weighted by Crippen LogP contribution is 2.35. The number of rotatable bonds is 20. The molecule has 4 rings (SSSR count). The predicted octanol–water partition coefficient (Wildman–Crippen LogP) is 7.50. The Morgan fingerprint density at radius 1 is 0.735 bits per heavy atom. The van der Waals surface area contributed by atoms with Crippen LogP contribution in [-0.4, -0.2) is 63.7 Å². The number of phenolic OH excluding ortho intramolecular Hbond substituents is 1. The molecule has 0 aliphatic rings. The number of ether oxygens (including phenoxy) is 1. The van der Waals surface area contributed by atoms with E-state index in [1.54, 1.807) is 12.1 Å². The van der Waals surface area contributed by atoms with Crippen molar-refractivity contribution in [1.29, 1.82) is 0 Å². The van der Waals surface area contributed by atoms with Crippen LogP contribution in [0.2, 0.25) is 0 Å². The van der Waals surface area contributed by atoms with E-state index in [1.807, 2.05) is 30.3 Å². The minimum Gasteiger partial charge on any atom is -0.508 e. The molecule has 0 heterocycles. The molecule has 4 aromatic rings. The molecule has 4 aromatic carbocycles. The van der Waals surface area contributed by atoms with Crippen molar-refractivity contribution in [2.24, 2.45) is 0 Å². The minimum absolute atomic E-state index is 0.0284. The van der Waals surface area contributed by atoms with Crippen molar-refractivity contribution in [3.63, 3.8) is 0 Å². The first-order valence-corrected chi connectivity index (χ1v) is 17.8. The lowest BCUT2D eigenvalue weighted by molar-refractivity contribution is 0.170. The summed E-state index contributed by atoms with van der Waals surface area (Å²) in [4.78, 5) is 2.52. The van der Waals surface area contributed by atoms with Gasteiger partial charge in [0, 0.05) is 35.7 Å². The number of phenols is 2. The molecule has 0 amide bonds. The molecule has 0 aliphatic carbocycles. The molecule has 264 valence electrons. The normalized spacial score (nSPS) is 12.9. The van der Waals surface area contributed by atoms with Crippen LogP contribution in [0.25, 0.3) is 0 Å². The van der Waals surface area contributed by atoms with E-state index in [1.165, 1.54) is 22.8 Å². The summed E-state index contributed by atoms with van der Waals surface area (Å²) < 4.78 is 6.04. The van der Waals surface area contributed by atoms with Crippen LogP contribution in [0.1, 0.15) is 92.4 Å². The highest BCUT2D eigenvalue weighted by atomic mass is 16.5. The third kappa shape index (κ3) is 11.6. The first kappa shape index (κ1) is 37.9. The van der Waals surface area contributed by atoms with Gasteiger partial charge in [-0.15, -0.1) is 0 Å². The Kier molecular flexibility index (Phi) is 15.0. The molecule has 49 heavy (non-hydrogen) atoms. The molecule has 0 bridgehead atoms. The summed E-state index contributed by atoms with van der Waals surface area (Å²) in [7, 11) is 0. The van der Waals surface area contributed by atoms with Gasteiger partial charge in [-0.05, 0) is 125 Å². The number of unbranched alkanes of at least 4 members (excludes halogenated alkanes) is 1. The molecule has 7 nitrogen and oxygen atoms in total. The van der Waals surface area contributed by atoms with Gasteiger partial charge in [0.1, 0.15) is 17.2 Å². The van der Waals surface area contributed by atoms with Crippen molar-refractivity contribution in [2.75, 3.05) is 26.2 Å². The molecule has 7 heteroatoms. The zero-order chi connectivity index (χ0) is 35.2. The Morgan fingerprint density at radius 3 is 2.12 bits per heavy atom. The van der Waals surface area contributed by atoms with Crippen LogP contribution in [0.3, 0.4) is 0 Å². The molecule has 0 aromatic heterocycles. The van der Waals surface area contributed by atoms with Gasteiger partial charge in [0.2, 0.25) is 0 Å². The number of aliphatic hydroxyl groups excluding tert-OH is 2. The van der Waals surface area contributed by atoms with Crippen molar-refractivity contribution in [3.8, 4) is 17.2 Å². The van der Waals surface area contributed by atoms with Crippen molar-refractivity contribution in [1.82, 2.24) is 10.2 Å². The van der Waals surface area contributed by atoms with Gasteiger partial charge >= 0.3 is 0 Å². The number of nitrogens with one attached hydrogen (secondary N) is 1. The topological polar surface area (TPSA) is 105 Å². The van der Waals surface area contributed by atoms with Crippen molar-refractivity contribution >= 4 is 0 Å². The molecule has 0 spiro atoms. The smallest absolute Gasteiger partial charge is 0.121 e. The number of benzene rings is 4. The van der Waals surface area contributed by atoms with E-state index in [9.17, 15) is 20.4 Å². The Morgan fingerprint density at radius 2 is 1.43 bits per heavy atom. The summed E-state index contributed by atoms with van der Waals surface area (Å²) in [5.74, 6) is 1.38. The van der Waals surface area contributed by atoms with Crippen LogP contribution < -0.4 is 10.1 Å². The zero-order valence-electron chi connectivity index (χ0n) is 29.7. The third-order valence-electron chi connectivity index (χ3n) is 9.31. The largest absolute Gasteiger partial charge is 0.508 e. The maximum Gasteiger partial charge on any atom is 0.121 e. The van der Waals surface area contributed by atoms with E-state index in [0.29, 0.717) is 48.7 Å². The van der Waals surface area contributed by atoms with E-state index >= 15 is 0 Å². The first-order chi connectivity index (χ1) is 23.7. The number of hydrogen-bond acceptors (Lipinski definition) is 7. The molecule has 2 atom stereocenters. The maximum atomic E-state index is 11.0. The van der Waals surface area contributed by atoms with Crippen molar-refractivity contribution in [3.05, 3.63) is 124 Å². The lowest BCUT2D eigenvalue weighted by Crippen LogP contribution is -2.38. The summed E-state index contributed by atoms with van der Waals surface area (Å²) in [6.07, 6.45) is 3.90. The van der Waals surface area contributed by atoms with Gasteiger partial charge in [0.05, 0.1) is 19.3 Å². The Bertz CT molecular complexity index is 1530. The van der Waals surface area contributed by atoms with Gasteiger partial charge < -0.3 is 30.5 Å². The van der Waals surface area contributed by atoms with E-state index in [0.717, 1.165) is 50.0 Å². The Balaban J connectivity index is 1.21. The second-order valence-corrected chi connectivity index (χ2v) is 13.5. The highest BCUT2D eigenvalue weighted by Gasteiger charge is 2.22. The molecule has 5 N–H and O–H groups in total. The molecule has 0 unspecified atom stereocenters. The van der Waals surface area contributed by atoms with E-state index < -0.39 is 6.10 Å². The number of aliphatic hydroxyl groups is 2. The average molecular weight is 669 g/mol. The molecule has 0 fully saturated rings. The van der Waals surface area contributed by atoms with Gasteiger partial charge in [0.15, 0.2) is 0 Å². The SMILES string of the molecule is CC(C)N(CC[C@H](c1ccccc1)c1cc(CCCCOc2ccc(CCNC[C@H](O)c3ccc(O)c(CO)c3)cc2)ccc1O)C(C)C. The van der Waals surface area contributed by atoms with E-state index in [-0.39, 0.29) is 18.3 Å². The average Bonchev–Trinajstić information content (AvgIpc) is 3.10. The second kappa shape index (κ2) is 19.3. The van der Waals surface area contributed by atoms with Crippen LogP contribution in [0, 0.1) is 0 Å². The maximum absolute atomic E-state index is 11.0. The molecule has 0 radical (unpaired) electrons. The van der Waals surface area contributed by atoms with Gasteiger partial charge in [-0.3, -0.25) is 4.90 Å². The number of nitrogens with zero attached hydrogens (tertiary/aromatic N) is 1. The van der Waals surface area contributed by atoms with Crippen molar-refractivity contribution in [2.45, 2.75) is 90.5 Å². The minimum atomic E-state index is -0.723. The number of hydrogen-bond donors (Lipinski definition) is 5. The van der Waals surface area contributed by atoms with Crippen LogP contribution >= 0.6 is 0 Å². The molecule has 0 aliphatic heterocycles. The highest BCUT2D eigenvalue weighted by molar-refractivity contribution is 5.44. The molecular formula is C42H56N2O5. The van der Waals surface area contributed by atoms with Gasteiger partial charge in [-0.2, -0.15) is 0 Å². The summed E-state index contributed by atoms with van der Waals surface area (Å²) in [5, 5.41) is 43.8. The number of aryl methyl sites for hydroxylation is 1. The Labute approximate surface area is 293 Å². The summed E-state index contributed by atoms with van der Waals surface area (Å²) in [6, 6.07) is 30.6. The predicted molar refractivity (Wildman–Crippen MR) is 198 cm³/mol. The monoisotopic (exact) mass is 668 g/mol. The van der Waals surface area contributed by atoms with Crippen LogP contribution in [-0.2, 0) is 19.4 Å². The lowest BCUT2D eigenvalue weighted by atomic mass is 9.86. The summed E-state index contributed by atoms with van der Waals surface area (Å²) in [5.41, 5.74) is 5.73. The van der Waals surface area contributed by atoms with Crippen molar-refractivity contribution < 1.29 is 25.2 Å². The van der Waals surface area contributed by atoms with E-state index in [2.05, 4.69) is 80.4 Å². The quantitative estimate of drug-likeness (QED) is 0.0622. The fourth-order valence-corrected chi connectivity index (χ4v) is 6.52. The third-order valence-corrected chi connectivity index (χ3v) is 9.31. The van der Waals surface area contributed by atoms with Gasteiger partial charge in [-0.1, -0.05) is 60.7 Å². The van der Waals surface area contributed by atoms with Crippen LogP contribution in [0.4, 0.5) is 0 Å². The van der Waals surface area contributed by atoms with E-state index in [4.69, 9.17) is 4.74 Å². The van der Waals surface area contributed by atoms with Gasteiger partial charge in [0.25, 0.3) is 0 Å². The lowest BCUT2D eigenvalue weighted by Gasteiger charge is -2.32. The first-order valence-electron chi connectivity index (χ1n) is 17.8. The van der Waals surface area contributed by atoms with Crippen LogP contribution in [0.5, 0.6) is 17.2 Å². The second-order valence-electron chi connectivity index (χ2n) is 13.5. The molecule has 0 saturated heterocycles. The molecule has 0 saturated carbocycles. The fourth-order valence-electron chi connectivity index (χ4n) is 6.52.